The van der Waals surface area contributed by atoms with E-state index in [1.54, 1.807) is 24.3 Å². The molecule has 1 N–H and O–H groups in total. The Morgan fingerprint density at radius 3 is 2.62 bits per heavy atom. The maximum Gasteiger partial charge on any atom is 0.220 e. The van der Waals surface area contributed by atoms with E-state index in [1.807, 2.05) is 0 Å². The summed E-state index contributed by atoms with van der Waals surface area (Å²) in [6, 6.07) is 6.79. The van der Waals surface area contributed by atoms with Crippen LogP contribution in [0.3, 0.4) is 0 Å². The van der Waals surface area contributed by atoms with Crippen molar-refractivity contribution in [1.82, 2.24) is 5.32 Å². The van der Waals surface area contributed by atoms with Gasteiger partial charge in [-0.1, -0.05) is 23.7 Å². The van der Waals surface area contributed by atoms with Crippen molar-refractivity contribution in [2.45, 2.75) is 32.1 Å². The molecule has 0 spiro atoms. The number of nitrogens with one attached hydrogen (secondary N) is 1. The third kappa shape index (κ3) is 5.91. The molecule has 0 radical (unpaired) electrons. The molecule has 0 aromatic heterocycles. The van der Waals surface area contributed by atoms with Gasteiger partial charge in [0.2, 0.25) is 5.91 Å². The minimum atomic E-state index is -2.83. The zero-order valence-electron chi connectivity index (χ0n) is 13.5. The molecule has 1 amide bonds. The lowest BCUT2D eigenvalue weighted by molar-refractivity contribution is -0.121. The quantitative estimate of drug-likeness (QED) is 0.562. The average Bonchev–Trinajstić information content (AvgIpc) is 2.89. The molecule has 24 heavy (non-hydrogen) atoms. The smallest absolute Gasteiger partial charge is 0.220 e. The predicted molar refractivity (Wildman–Crippen MR) is 94.0 cm³/mol. The van der Waals surface area contributed by atoms with E-state index in [0.29, 0.717) is 17.1 Å². The van der Waals surface area contributed by atoms with Crippen molar-refractivity contribution in [2.75, 3.05) is 18.1 Å². The molecule has 1 atom stereocenters. The monoisotopic (exact) mass is 371 g/mol. The van der Waals surface area contributed by atoms with Crippen LogP contribution in [-0.4, -0.2) is 38.2 Å². The normalized spacial score (nSPS) is 19.1. The van der Waals surface area contributed by atoms with E-state index in [-0.39, 0.29) is 42.0 Å². The summed E-state index contributed by atoms with van der Waals surface area (Å²) in [5.41, 5.74) is 0.439. The fraction of sp³-hybridized carbons (Fsp3) is 0.529. The second-order valence-electron chi connectivity index (χ2n) is 6.16. The second-order valence-corrected chi connectivity index (χ2v) is 8.80. The highest BCUT2D eigenvalue weighted by molar-refractivity contribution is 7.91. The number of amides is 1. The highest BCUT2D eigenvalue weighted by atomic mass is 35.5. The fourth-order valence-electron chi connectivity index (χ4n) is 2.86. The minimum absolute atomic E-state index is 0.121. The summed E-state index contributed by atoms with van der Waals surface area (Å²) in [6.07, 6.45) is 2.53. The van der Waals surface area contributed by atoms with Gasteiger partial charge in [0.15, 0.2) is 15.6 Å². The van der Waals surface area contributed by atoms with Crippen LogP contribution in [0.4, 0.5) is 0 Å². The number of hydrogen-bond acceptors (Lipinski definition) is 4. The van der Waals surface area contributed by atoms with E-state index in [9.17, 15) is 18.0 Å². The Morgan fingerprint density at radius 1 is 1.21 bits per heavy atom. The first-order chi connectivity index (χ1) is 11.4. The Bertz CT molecular complexity index is 702. The number of halogens is 1. The van der Waals surface area contributed by atoms with E-state index in [4.69, 9.17) is 11.6 Å². The number of carbonyl (C=O) groups is 2. The Balaban J connectivity index is 1.62. The number of hydrogen-bond donors (Lipinski definition) is 1. The molecule has 0 saturated carbocycles. The number of benzene rings is 1. The maximum atomic E-state index is 12.0. The summed E-state index contributed by atoms with van der Waals surface area (Å²) in [5.74, 6) is 0.455. The molecule has 1 fully saturated rings. The maximum absolute atomic E-state index is 12.0. The lowest BCUT2D eigenvalue weighted by Crippen LogP contribution is -2.25. The Hall–Kier alpha value is -1.40. The number of carbonyl (C=O) groups excluding carboxylic acids is 2. The van der Waals surface area contributed by atoms with E-state index < -0.39 is 9.84 Å². The standard InChI is InChI=1S/C17H22ClNO4S/c18-15-6-2-1-5-14(15)16(20)7-8-17(21)19-10-3-4-13-9-11-24(22,23)12-13/h1-2,5-6,13H,3-4,7-12H2,(H,19,21). The Morgan fingerprint density at radius 2 is 1.96 bits per heavy atom. The molecule has 1 aliphatic heterocycles. The molecule has 1 unspecified atom stereocenters. The van der Waals surface area contributed by atoms with E-state index in [2.05, 4.69) is 5.32 Å². The van der Waals surface area contributed by atoms with Crippen molar-refractivity contribution in [3.63, 3.8) is 0 Å². The number of rotatable bonds is 8. The van der Waals surface area contributed by atoms with Gasteiger partial charge in [-0.2, -0.15) is 0 Å². The zero-order valence-corrected chi connectivity index (χ0v) is 15.0. The first kappa shape index (κ1) is 18.9. The molecule has 1 aliphatic rings. The fourth-order valence-corrected chi connectivity index (χ4v) is 5.01. The van der Waals surface area contributed by atoms with Crippen molar-refractivity contribution in [3.8, 4) is 0 Å². The molecule has 7 heteroatoms. The summed E-state index contributed by atoms with van der Waals surface area (Å²) < 4.78 is 22.7. The van der Waals surface area contributed by atoms with Gasteiger partial charge in [-0.3, -0.25) is 9.59 Å². The van der Waals surface area contributed by atoms with Crippen molar-refractivity contribution in [2.24, 2.45) is 5.92 Å². The lowest BCUT2D eigenvalue weighted by atomic mass is 10.0. The third-order valence-electron chi connectivity index (χ3n) is 4.19. The van der Waals surface area contributed by atoms with Crippen molar-refractivity contribution >= 4 is 33.1 Å². The van der Waals surface area contributed by atoms with Crippen LogP contribution in [0.1, 0.15) is 42.5 Å². The van der Waals surface area contributed by atoms with Crippen LogP contribution in [0.2, 0.25) is 5.02 Å². The highest BCUT2D eigenvalue weighted by Crippen LogP contribution is 2.22. The largest absolute Gasteiger partial charge is 0.356 e. The van der Waals surface area contributed by atoms with E-state index >= 15 is 0 Å². The van der Waals surface area contributed by atoms with E-state index in [0.717, 1.165) is 19.3 Å². The molecular formula is C17H22ClNO4S. The SMILES string of the molecule is O=C(CCC(=O)c1ccccc1Cl)NCCCC1CCS(=O)(=O)C1. The Labute approximate surface area is 147 Å². The lowest BCUT2D eigenvalue weighted by Gasteiger charge is -2.08. The molecule has 1 heterocycles. The molecular weight excluding hydrogens is 350 g/mol. The second kappa shape index (κ2) is 8.62. The predicted octanol–water partition coefficient (Wildman–Crippen LogP) is 2.63. The molecule has 1 saturated heterocycles. The van der Waals surface area contributed by atoms with Crippen LogP contribution < -0.4 is 5.32 Å². The molecule has 132 valence electrons. The van der Waals surface area contributed by atoms with Crippen LogP contribution in [0, 0.1) is 5.92 Å². The van der Waals surface area contributed by atoms with Crippen LogP contribution in [0.25, 0.3) is 0 Å². The molecule has 0 bridgehead atoms. The highest BCUT2D eigenvalue weighted by Gasteiger charge is 2.27. The van der Waals surface area contributed by atoms with Gasteiger partial charge >= 0.3 is 0 Å². The molecule has 2 rings (SSSR count). The summed E-state index contributed by atoms with van der Waals surface area (Å²) in [5, 5.41) is 3.17. The van der Waals surface area contributed by atoms with Crippen LogP contribution in [-0.2, 0) is 14.6 Å². The van der Waals surface area contributed by atoms with Crippen LogP contribution in [0.15, 0.2) is 24.3 Å². The summed E-state index contributed by atoms with van der Waals surface area (Å²) in [7, 11) is -2.83. The van der Waals surface area contributed by atoms with Crippen molar-refractivity contribution in [3.05, 3.63) is 34.9 Å². The molecule has 1 aromatic carbocycles. The van der Waals surface area contributed by atoms with E-state index in [1.165, 1.54) is 0 Å². The topological polar surface area (TPSA) is 80.3 Å². The molecule has 5 nitrogen and oxygen atoms in total. The third-order valence-corrected chi connectivity index (χ3v) is 6.36. The van der Waals surface area contributed by atoms with Gasteiger partial charge in [0.05, 0.1) is 16.5 Å². The van der Waals surface area contributed by atoms with Gasteiger partial charge in [-0.25, -0.2) is 8.42 Å². The van der Waals surface area contributed by atoms with Gasteiger partial charge in [0.25, 0.3) is 0 Å². The van der Waals surface area contributed by atoms with Crippen molar-refractivity contribution < 1.29 is 18.0 Å². The van der Waals surface area contributed by atoms with Crippen molar-refractivity contribution in [1.29, 1.82) is 0 Å². The minimum Gasteiger partial charge on any atom is -0.356 e. The summed E-state index contributed by atoms with van der Waals surface area (Å²) in [6.45, 7) is 0.510. The molecule has 0 aliphatic carbocycles. The van der Waals surface area contributed by atoms with Gasteiger partial charge in [-0.15, -0.1) is 0 Å². The zero-order chi connectivity index (χ0) is 17.6. The van der Waals surface area contributed by atoms with Crippen LogP contribution >= 0.6 is 11.6 Å². The number of Topliss-reactive ketones (excluding diaryl/α,β-unsaturated/α-hetero) is 1. The average molecular weight is 372 g/mol. The molecule has 1 aromatic rings. The number of ketones is 1. The first-order valence-electron chi connectivity index (χ1n) is 8.12. The summed E-state index contributed by atoms with van der Waals surface area (Å²) in [4.78, 5) is 23.8. The Kier molecular flexibility index (Phi) is 6.80. The van der Waals surface area contributed by atoms with Gasteiger partial charge < -0.3 is 5.32 Å². The number of sulfone groups is 1. The van der Waals surface area contributed by atoms with Crippen LogP contribution in [0.5, 0.6) is 0 Å². The van der Waals surface area contributed by atoms with Gasteiger partial charge in [0, 0.05) is 24.9 Å². The summed E-state index contributed by atoms with van der Waals surface area (Å²) >= 11 is 5.95. The first-order valence-corrected chi connectivity index (χ1v) is 10.3. The van der Waals surface area contributed by atoms with Gasteiger partial charge in [-0.05, 0) is 37.3 Å². The van der Waals surface area contributed by atoms with Gasteiger partial charge in [0.1, 0.15) is 0 Å².